The first-order valence-corrected chi connectivity index (χ1v) is 5.50. The van der Waals surface area contributed by atoms with E-state index in [4.69, 9.17) is 9.47 Å². The van der Waals surface area contributed by atoms with Crippen molar-refractivity contribution in [3.8, 4) is 5.75 Å². The standard InChI is InChI=1S/C13H18O2/c1-9-8-13(15-10(9)2)11-4-6-12(14-3)7-5-11/h4-7,9-10,13H,8H2,1-3H3. The summed E-state index contributed by atoms with van der Waals surface area (Å²) >= 11 is 0. The molecule has 0 N–H and O–H groups in total. The minimum atomic E-state index is 0.265. The van der Waals surface area contributed by atoms with Crippen molar-refractivity contribution in [3.63, 3.8) is 0 Å². The van der Waals surface area contributed by atoms with Crippen LogP contribution in [0.2, 0.25) is 0 Å². The molecule has 82 valence electrons. The van der Waals surface area contributed by atoms with Gasteiger partial charge in [-0.25, -0.2) is 0 Å². The quantitative estimate of drug-likeness (QED) is 0.740. The van der Waals surface area contributed by atoms with Crippen molar-refractivity contribution in [2.24, 2.45) is 5.92 Å². The van der Waals surface area contributed by atoms with Crippen LogP contribution in [0.4, 0.5) is 0 Å². The lowest BCUT2D eigenvalue weighted by Gasteiger charge is -2.11. The molecule has 3 unspecified atom stereocenters. The maximum atomic E-state index is 5.89. The molecule has 1 saturated heterocycles. The zero-order chi connectivity index (χ0) is 10.8. The lowest BCUT2D eigenvalue weighted by Crippen LogP contribution is -2.06. The molecule has 0 bridgehead atoms. The van der Waals surface area contributed by atoms with Crippen molar-refractivity contribution in [3.05, 3.63) is 29.8 Å². The summed E-state index contributed by atoms with van der Waals surface area (Å²) in [4.78, 5) is 0. The number of rotatable bonds is 2. The summed E-state index contributed by atoms with van der Waals surface area (Å²) in [5, 5.41) is 0. The molecular formula is C13H18O2. The van der Waals surface area contributed by atoms with E-state index in [9.17, 15) is 0 Å². The van der Waals surface area contributed by atoms with Gasteiger partial charge in [0.2, 0.25) is 0 Å². The van der Waals surface area contributed by atoms with Crippen LogP contribution >= 0.6 is 0 Å². The molecule has 2 nitrogen and oxygen atoms in total. The van der Waals surface area contributed by atoms with Gasteiger partial charge in [-0.15, -0.1) is 0 Å². The van der Waals surface area contributed by atoms with Crippen LogP contribution in [0.15, 0.2) is 24.3 Å². The van der Waals surface area contributed by atoms with Gasteiger partial charge in [-0.2, -0.15) is 0 Å². The lowest BCUT2D eigenvalue weighted by molar-refractivity contribution is 0.0472. The molecular weight excluding hydrogens is 188 g/mol. The molecule has 0 saturated carbocycles. The average molecular weight is 206 g/mol. The van der Waals surface area contributed by atoms with Crippen LogP contribution in [0.25, 0.3) is 0 Å². The Labute approximate surface area is 91.2 Å². The Morgan fingerprint density at radius 2 is 1.87 bits per heavy atom. The first-order valence-electron chi connectivity index (χ1n) is 5.50. The van der Waals surface area contributed by atoms with Crippen molar-refractivity contribution in [1.29, 1.82) is 0 Å². The number of methoxy groups -OCH3 is 1. The molecule has 0 radical (unpaired) electrons. The van der Waals surface area contributed by atoms with Crippen LogP contribution in [-0.4, -0.2) is 13.2 Å². The number of hydrogen-bond acceptors (Lipinski definition) is 2. The summed E-state index contributed by atoms with van der Waals surface area (Å²) < 4.78 is 11.0. The molecule has 1 fully saturated rings. The smallest absolute Gasteiger partial charge is 0.118 e. The van der Waals surface area contributed by atoms with Crippen molar-refractivity contribution in [2.75, 3.05) is 7.11 Å². The van der Waals surface area contributed by atoms with E-state index in [-0.39, 0.29) is 6.10 Å². The highest BCUT2D eigenvalue weighted by atomic mass is 16.5. The summed E-state index contributed by atoms with van der Waals surface area (Å²) in [5.74, 6) is 1.55. The molecule has 0 amide bonds. The second-order valence-electron chi connectivity index (χ2n) is 4.32. The molecule has 0 aliphatic carbocycles. The number of hydrogen-bond donors (Lipinski definition) is 0. The van der Waals surface area contributed by atoms with Crippen molar-refractivity contribution in [2.45, 2.75) is 32.5 Å². The van der Waals surface area contributed by atoms with E-state index in [0.717, 1.165) is 12.2 Å². The van der Waals surface area contributed by atoms with E-state index in [0.29, 0.717) is 12.0 Å². The summed E-state index contributed by atoms with van der Waals surface area (Å²) in [6, 6.07) is 8.17. The number of ether oxygens (including phenoxy) is 2. The molecule has 1 aromatic carbocycles. The first-order chi connectivity index (χ1) is 7.20. The Kier molecular flexibility index (Phi) is 2.96. The zero-order valence-electron chi connectivity index (χ0n) is 9.57. The van der Waals surface area contributed by atoms with Gasteiger partial charge in [0.25, 0.3) is 0 Å². The van der Waals surface area contributed by atoms with Crippen molar-refractivity contribution in [1.82, 2.24) is 0 Å². The normalized spacial score (nSPS) is 30.5. The van der Waals surface area contributed by atoms with Gasteiger partial charge in [0, 0.05) is 0 Å². The molecule has 3 atom stereocenters. The molecule has 15 heavy (non-hydrogen) atoms. The molecule has 0 aromatic heterocycles. The van der Waals surface area contributed by atoms with Crippen LogP contribution in [0.1, 0.15) is 31.9 Å². The predicted octanol–water partition coefficient (Wildman–Crippen LogP) is 3.18. The first kappa shape index (κ1) is 10.5. The second-order valence-corrected chi connectivity index (χ2v) is 4.32. The van der Waals surface area contributed by atoms with E-state index in [2.05, 4.69) is 26.0 Å². The fourth-order valence-electron chi connectivity index (χ4n) is 2.01. The highest BCUT2D eigenvalue weighted by molar-refractivity contribution is 5.28. The van der Waals surface area contributed by atoms with Gasteiger partial charge in [-0.3, -0.25) is 0 Å². The lowest BCUT2D eigenvalue weighted by atomic mass is 9.99. The van der Waals surface area contributed by atoms with E-state index in [1.807, 2.05) is 12.1 Å². The zero-order valence-corrected chi connectivity index (χ0v) is 9.57. The minimum absolute atomic E-state index is 0.265. The fraction of sp³-hybridized carbons (Fsp3) is 0.538. The van der Waals surface area contributed by atoms with Gasteiger partial charge in [0.1, 0.15) is 5.75 Å². The molecule has 1 aliphatic heterocycles. The van der Waals surface area contributed by atoms with E-state index >= 15 is 0 Å². The summed E-state index contributed by atoms with van der Waals surface area (Å²) in [5.41, 5.74) is 1.26. The maximum absolute atomic E-state index is 5.89. The third-order valence-electron chi connectivity index (χ3n) is 3.25. The van der Waals surface area contributed by atoms with E-state index in [1.54, 1.807) is 7.11 Å². The Morgan fingerprint density at radius 3 is 2.33 bits per heavy atom. The van der Waals surface area contributed by atoms with E-state index < -0.39 is 0 Å². The molecule has 0 spiro atoms. The van der Waals surface area contributed by atoms with E-state index in [1.165, 1.54) is 5.56 Å². The highest BCUT2D eigenvalue weighted by Gasteiger charge is 2.29. The Morgan fingerprint density at radius 1 is 1.20 bits per heavy atom. The monoisotopic (exact) mass is 206 g/mol. The third-order valence-corrected chi connectivity index (χ3v) is 3.25. The highest BCUT2D eigenvalue weighted by Crippen LogP contribution is 2.36. The van der Waals surface area contributed by atoms with Gasteiger partial charge in [0.15, 0.2) is 0 Å². The minimum Gasteiger partial charge on any atom is -0.497 e. The van der Waals surface area contributed by atoms with Gasteiger partial charge in [-0.05, 0) is 37.0 Å². The SMILES string of the molecule is COc1ccc(C2CC(C)C(C)O2)cc1. The Bertz CT molecular complexity index is 308. The van der Waals surface area contributed by atoms with Crippen LogP contribution in [-0.2, 0) is 4.74 Å². The second kappa shape index (κ2) is 4.23. The Hall–Kier alpha value is -1.02. The molecule has 1 aliphatic rings. The molecule has 2 heteroatoms. The fourth-order valence-corrected chi connectivity index (χ4v) is 2.01. The average Bonchev–Trinajstić information content (AvgIpc) is 2.59. The third kappa shape index (κ3) is 2.15. The molecule has 1 heterocycles. The van der Waals surface area contributed by atoms with Crippen molar-refractivity contribution < 1.29 is 9.47 Å². The largest absolute Gasteiger partial charge is 0.497 e. The van der Waals surface area contributed by atoms with Crippen LogP contribution in [0.5, 0.6) is 5.75 Å². The molecule has 1 aromatic rings. The molecule has 2 rings (SSSR count). The Balaban J connectivity index is 2.10. The number of benzene rings is 1. The summed E-state index contributed by atoms with van der Waals surface area (Å²) in [6.45, 7) is 4.39. The van der Waals surface area contributed by atoms with Crippen LogP contribution in [0, 0.1) is 5.92 Å². The van der Waals surface area contributed by atoms with Gasteiger partial charge >= 0.3 is 0 Å². The van der Waals surface area contributed by atoms with Crippen LogP contribution < -0.4 is 4.74 Å². The summed E-state index contributed by atoms with van der Waals surface area (Å²) in [6.07, 6.45) is 1.76. The predicted molar refractivity (Wildman–Crippen MR) is 60.1 cm³/mol. The maximum Gasteiger partial charge on any atom is 0.118 e. The van der Waals surface area contributed by atoms with Crippen LogP contribution in [0.3, 0.4) is 0 Å². The summed E-state index contributed by atoms with van der Waals surface area (Å²) in [7, 11) is 1.69. The van der Waals surface area contributed by atoms with Crippen molar-refractivity contribution >= 4 is 0 Å². The van der Waals surface area contributed by atoms with Gasteiger partial charge in [0.05, 0.1) is 19.3 Å². The van der Waals surface area contributed by atoms with Gasteiger partial charge in [-0.1, -0.05) is 19.1 Å². The topological polar surface area (TPSA) is 18.5 Å². The van der Waals surface area contributed by atoms with Gasteiger partial charge < -0.3 is 9.47 Å².